The third-order valence-electron chi connectivity index (χ3n) is 10.1. The van der Waals surface area contributed by atoms with Gasteiger partial charge in [-0.3, -0.25) is 9.78 Å². The lowest BCUT2D eigenvalue weighted by Gasteiger charge is -2.36. The molecule has 5 heterocycles. The minimum absolute atomic E-state index is 0.264. The molecule has 2 aliphatic heterocycles. The number of carbonyl (C=O) groups excluding carboxylic acids is 1. The van der Waals surface area contributed by atoms with E-state index in [1.54, 1.807) is 0 Å². The van der Waals surface area contributed by atoms with Crippen LogP contribution in [0.4, 0.5) is 0 Å². The van der Waals surface area contributed by atoms with Crippen molar-refractivity contribution in [3.05, 3.63) is 93.6 Å². The Morgan fingerprint density at radius 2 is 1.56 bits per heavy atom. The Morgan fingerprint density at radius 1 is 0.889 bits per heavy atom. The summed E-state index contributed by atoms with van der Waals surface area (Å²) >= 11 is 0. The van der Waals surface area contributed by atoms with E-state index in [9.17, 15) is 4.79 Å². The van der Waals surface area contributed by atoms with Gasteiger partial charge < -0.3 is 14.7 Å². The number of allylic oxidation sites excluding steroid dienone is 5. The zero-order valence-electron chi connectivity index (χ0n) is 27.9. The van der Waals surface area contributed by atoms with Gasteiger partial charge in [-0.2, -0.15) is 0 Å². The quantitative estimate of drug-likeness (QED) is 0.276. The predicted molar refractivity (Wildman–Crippen MR) is 187 cm³/mol. The smallest absolute Gasteiger partial charge is 0.314 e. The second kappa shape index (κ2) is 11.5. The highest BCUT2D eigenvalue weighted by Gasteiger charge is 2.51. The third-order valence-corrected chi connectivity index (χ3v) is 10.1. The van der Waals surface area contributed by atoms with Crippen molar-refractivity contribution >= 4 is 50.8 Å². The van der Waals surface area contributed by atoms with E-state index in [2.05, 4.69) is 88.4 Å². The summed E-state index contributed by atoms with van der Waals surface area (Å²) in [5.74, 6) is -0.768. The van der Waals surface area contributed by atoms with Crippen molar-refractivity contribution in [3.63, 3.8) is 0 Å². The number of nitrogens with zero attached hydrogens (tertiary/aromatic N) is 2. The Labute approximate surface area is 266 Å². The van der Waals surface area contributed by atoms with Crippen LogP contribution in [0.25, 0.3) is 44.9 Å². The minimum Gasteiger partial charge on any atom is -0.469 e. The average molecular weight is 601 g/mol. The van der Waals surface area contributed by atoms with Crippen molar-refractivity contribution in [2.45, 2.75) is 79.6 Å². The Bertz CT molecular complexity index is 2020. The minimum atomic E-state index is -0.720. The van der Waals surface area contributed by atoms with Gasteiger partial charge in [0.1, 0.15) is 0 Å². The van der Waals surface area contributed by atoms with Gasteiger partial charge in [0.25, 0.3) is 0 Å². The van der Waals surface area contributed by atoms with E-state index in [-0.39, 0.29) is 5.97 Å². The summed E-state index contributed by atoms with van der Waals surface area (Å²) in [6.07, 6.45) is 10.1. The molecule has 0 spiro atoms. The van der Waals surface area contributed by atoms with Gasteiger partial charge in [0.2, 0.25) is 0 Å². The summed E-state index contributed by atoms with van der Waals surface area (Å²) in [6, 6.07) is 8.65. The van der Waals surface area contributed by atoms with Gasteiger partial charge in [0.05, 0.1) is 41.2 Å². The molecule has 6 rings (SSSR count). The number of methoxy groups -OCH3 is 1. The molecule has 2 atom stereocenters. The fourth-order valence-electron chi connectivity index (χ4n) is 7.56. The van der Waals surface area contributed by atoms with Gasteiger partial charge in [0, 0.05) is 27.6 Å². The summed E-state index contributed by atoms with van der Waals surface area (Å²) in [7, 11) is 1.46. The molecule has 8 bridgehead atoms. The molecule has 6 heteroatoms. The zero-order valence-corrected chi connectivity index (χ0v) is 27.9. The molecule has 3 aromatic heterocycles. The molecule has 45 heavy (non-hydrogen) atoms. The van der Waals surface area contributed by atoms with Crippen LogP contribution in [0, 0.1) is 19.8 Å². The molecular weight excluding hydrogens is 556 g/mol. The van der Waals surface area contributed by atoms with Gasteiger partial charge in [0.15, 0.2) is 0 Å². The average Bonchev–Trinajstić information content (AvgIpc) is 3.66. The molecule has 0 amide bonds. The van der Waals surface area contributed by atoms with Crippen LogP contribution in [-0.4, -0.2) is 33.0 Å². The van der Waals surface area contributed by atoms with Crippen molar-refractivity contribution in [3.8, 4) is 0 Å². The topological polar surface area (TPSA) is 83.7 Å². The van der Waals surface area contributed by atoms with Crippen molar-refractivity contribution in [2.75, 3.05) is 7.11 Å². The summed E-state index contributed by atoms with van der Waals surface area (Å²) in [6.45, 7) is 19.2. The molecule has 3 aliphatic rings. The lowest BCUT2D eigenvalue weighted by Crippen LogP contribution is -2.39. The lowest BCUT2D eigenvalue weighted by atomic mass is 9.64. The number of rotatable bonds is 6. The number of nitrogens with one attached hydrogen (secondary N) is 2. The Hall–Kier alpha value is -4.45. The van der Waals surface area contributed by atoms with E-state index in [0.717, 1.165) is 92.8 Å². The number of esters is 1. The standard InChI is InChI=1S/C39H44N4O2/c1-10-13-26-23(6)30-17-29-22(5)25(12-3)34(42-29)20-36-39(8)28(16-15-21(4)37(39)38(44)45-9)35(43-36)18-31-24(7)27(14-11-2)33(41-31)19-32(26)40-30/h12,15-20,37,41-42H,3,10-11,13-14H2,1-2,4-9H3. The monoisotopic (exact) mass is 600 g/mol. The molecule has 0 fully saturated rings. The third kappa shape index (κ3) is 4.73. The maximum Gasteiger partial charge on any atom is 0.314 e. The molecule has 0 aromatic carbocycles. The van der Waals surface area contributed by atoms with Crippen LogP contribution < -0.4 is 0 Å². The molecule has 0 saturated heterocycles. The molecular formula is C39H44N4O2. The second-order valence-corrected chi connectivity index (χ2v) is 12.8. The van der Waals surface area contributed by atoms with E-state index >= 15 is 0 Å². The van der Waals surface area contributed by atoms with Crippen LogP contribution in [0.15, 0.2) is 48.6 Å². The van der Waals surface area contributed by atoms with Gasteiger partial charge in [-0.1, -0.05) is 57.1 Å². The first kappa shape index (κ1) is 30.6. The Kier molecular flexibility index (Phi) is 7.80. The molecule has 0 saturated carbocycles. The molecule has 0 radical (unpaired) electrons. The van der Waals surface area contributed by atoms with Crippen LogP contribution in [0.1, 0.15) is 98.9 Å². The maximum absolute atomic E-state index is 13.4. The van der Waals surface area contributed by atoms with Crippen molar-refractivity contribution < 1.29 is 9.53 Å². The number of aromatic nitrogens is 4. The number of fused-ring (bicyclic) bond motifs is 11. The Balaban J connectivity index is 1.80. The van der Waals surface area contributed by atoms with Crippen molar-refractivity contribution in [1.29, 1.82) is 0 Å². The molecule has 2 N–H and O–H groups in total. The van der Waals surface area contributed by atoms with Gasteiger partial charge in [-0.15, -0.1) is 0 Å². The first-order valence-corrected chi connectivity index (χ1v) is 16.1. The number of aryl methyl sites for hydroxylation is 3. The van der Waals surface area contributed by atoms with E-state index in [1.165, 1.54) is 29.4 Å². The van der Waals surface area contributed by atoms with Crippen LogP contribution in [0.2, 0.25) is 0 Å². The normalized spacial score (nSPS) is 19.2. The highest BCUT2D eigenvalue weighted by molar-refractivity contribution is 5.94. The predicted octanol–water partition coefficient (Wildman–Crippen LogP) is 9.35. The van der Waals surface area contributed by atoms with Crippen molar-refractivity contribution in [2.24, 2.45) is 5.92 Å². The SMILES string of the molecule is C=Cc1c(C)c2cc3nc(cc4[nH]c(cc5nc(cc1[nH]2)C1(C)C5=CC=C(C)C1C(=O)OC)c(C)c4CCC)C(CCC)=C3C. The van der Waals surface area contributed by atoms with Crippen LogP contribution in [-0.2, 0) is 21.4 Å². The summed E-state index contributed by atoms with van der Waals surface area (Å²) in [5, 5.41) is 0. The number of hydrogen-bond donors (Lipinski definition) is 2. The van der Waals surface area contributed by atoms with E-state index < -0.39 is 11.3 Å². The fraction of sp³-hybridized carbons (Fsp3) is 0.359. The molecule has 232 valence electrons. The van der Waals surface area contributed by atoms with E-state index in [0.29, 0.717) is 0 Å². The fourth-order valence-corrected chi connectivity index (χ4v) is 7.56. The van der Waals surface area contributed by atoms with Crippen LogP contribution in [0.5, 0.6) is 0 Å². The van der Waals surface area contributed by atoms with Gasteiger partial charge >= 0.3 is 5.97 Å². The number of carbonyl (C=O) groups is 1. The number of aromatic amines is 2. The van der Waals surface area contributed by atoms with E-state index in [1.807, 2.05) is 19.1 Å². The summed E-state index contributed by atoms with van der Waals surface area (Å²) < 4.78 is 5.38. The first-order chi connectivity index (χ1) is 21.6. The maximum atomic E-state index is 13.4. The van der Waals surface area contributed by atoms with E-state index in [4.69, 9.17) is 14.7 Å². The molecule has 1 aliphatic carbocycles. The Morgan fingerprint density at radius 3 is 2.24 bits per heavy atom. The molecule has 2 unspecified atom stereocenters. The van der Waals surface area contributed by atoms with Gasteiger partial charge in [-0.25, -0.2) is 4.98 Å². The van der Waals surface area contributed by atoms with Crippen LogP contribution >= 0.6 is 0 Å². The molecule has 6 nitrogen and oxygen atoms in total. The van der Waals surface area contributed by atoms with Crippen LogP contribution in [0.3, 0.4) is 0 Å². The highest BCUT2D eigenvalue weighted by atomic mass is 16.5. The number of ether oxygens (including phenoxy) is 1. The lowest BCUT2D eigenvalue weighted by molar-refractivity contribution is -0.145. The summed E-state index contributed by atoms with van der Waals surface area (Å²) in [5.41, 5.74) is 16.1. The largest absolute Gasteiger partial charge is 0.469 e. The first-order valence-electron chi connectivity index (χ1n) is 16.1. The molecule has 3 aromatic rings. The zero-order chi connectivity index (χ0) is 32.2. The second-order valence-electron chi connectivity index (χ2n) is 12.8. The van der Waals surface area contributed by atoms with Gasteiger partial charge in [-0.05, 0) is 105 Å². The van der Waals surface area contributed by atoms with Crippen molar-refractivity contribution in [1.82, 2.24) is 19.9 Å². The summed E-state index contributed by atoms with van der Waals surface area (Å²) in [4.78, 5) is 31.4. The number of H-pyrrole nitrogens is 2. The highest BCUT2D eigenvalue weighted by Crippen LogP contribution is 2.52. The number of hydrogen-bond acceptors (Lipinski definition) is 4.